The van der Waals surface area contributed by atoms with Gasteiger partial charge in [-0.25, -0.2) is 9.37 Å². The molecule has 2 N–H and O–H groups in total. The van der Waals surface area contributed by atoms with Crippen LogP contribution < -0.4 is 10.6 Å². The minimum Gasteiger partial charge on any atom is -0.379 e. The van der Waals surface area contributed by atoms with E-state index in [0.717, 1.165) is 31.5 Å². The second-order valence-electron chi connectivity index (χ2n) is 8.79. The Balaban J connectivity index is 1.39. The van der Waals surface area contributed by atoms with Gasteiger partial charge in [-0.05, 0) is 37.1 Å². The molecule has 0 spiro atoms. The molecule has 5 rings (SSSR count). The Kier molecular flexibility index (Phi) is 7.05. The van der Waals surface area contributed by atoms with Crippen LogP contribution in [0.5, 0.6) is 0 Å². The molecule has 0 saturated carbocycles. The third-order valence-electron chi connectivity index (χ3n) is 6.58. The van der Waals surface area contributed by atoms with Crippen LogP contribution in [0.2, 0.25) is 5.02 Å². The summed E-state index contributed by atoms with van der Waals surface area (Å²) < 4.78 is 21.4. The van der Waals surface area contributed by atoms with Gasteiger partial charge in [0.1, 0.15) is 11.5 Å². The lowest BCUT2D eigenvalue weighted by atomic mass is 10.1. The molecule has 0 aliphatic carbocycles. The third kappa shape index (κ3) is 4.93. The first kappa shape index (κ1) is 23.2. The zero-order valence-corrected chi connectivity index (χ0v) is 19.6. The van der Waals surface area contributed by atoms with Crippen molar-refractivity contribution in [3.05, 3.63) is 58.9 Å². The number of nitrogens with zero attached hydrogens (tertiary/aromatic N) is 4. The number of amides is 1. The first-order chi connectivity index (χ1) is 16.6. The average molecular weight is 487 g/mol. The Morgan fingerprint density at radius 1 is 1.35 bits per heavy atom. The van der Waals surface area contributed by atoms with Gasteiger partial charge in [0, 0.05) is 50.8 Å². The molecule has 3 aromatic heterocycles. The number of nitrogens with one attached hydrogen (secondary N) is 2. The van der Waals surface area contributed by atoms with Crippen LogP contribution in [0.15, 0.2) is 36.9 Å². The third-order valence-corrected chi connectivity index (χ3v) is 6.90. The number of hydrogen-bond donors (Lipinski definition) is 2. The van der Waals surface area contributed by atoms with Crippen molar-refractivity contribution in [1.82, 2.24) is 30.1 Å². The summed E-state index contributed by atoms with van der Waals surface area (Å²) in [5, 5.41) is 7.68. The van der Waals surface area contributed by atoms with Crippen LogP contribution in [-0.4, -0.2) is 70.8 Å². The average Bonchev–Trinajstić information content (AvgIpc) is 3.49. The van der Waals surface area contributed by atoms with Crippen molar-refractivity contribution >= 4 is 28.5 Å². The smallest absolute Gasteiger partial charge is 0.253 e. The number of carbonyl (C=O) groups excluding carboxylic acids is 1. The molecule has 0 bridgehead atoms. The summed E-state index contributed by atoms with van der Waals surface area (Å²) in [6.07, 6.45) is 8.56. The van der Waals surface area contributed by atoms with Gasteiger partial charge in [-0.2, -0.15) is 0 Å². The van der Waals surface area contributed by atoms with Gasteiger partial charge in [-0.3, -0.25) is 14.7 Å². The highest BCUT2D eigenvalue weighted by atomic mass is 35.5. The van der Waals surface area contributed by atoms with Crippen LogP contribution in [0.4, 0.5) is 4.39 Å². The predicted molar refractivity (Wildman–Crippen MR) is 127 cm³/mol. The van der Waals surface area contributed by atoms with E-state index >= 15 is 0 Å². The van der Waals surface area contributed by atoms with E-state index in [4.69, 9.17) is 16.3 Å². The van der Waals surface area contributed by atoms with Gasteiger partial charge >= 0.3 is 0 Å². The SMILES string of the molecule is O=C(NCC(c1cncc(F)c1)N1CCOCC1)c1cn(CC2CCCN2)c2nccc(Cl)c12. The van der Waals surface area contributed by atoms with Crippen LogP contribution in [-0.2, 0) is 11.3 Å². The highest BCUT2D eigenvalue weighted by Crippen LogP contribution is 2.28. The van der Waals surface area contributed by atoms with Gasteiger partial charge in [-0.1, -0.05) is 11.6 Å². The fourth-order valence-corrected chi connectivity index (χ4v) is 5.12. The molecule has 180 valence electrons. The van der Waals surface area contributed by atoms with Crippen molar-refractivity contribution in [2.24, 2.45) is 0 Å². The number of ether oxygens (including phenoxy) is 1. The van der Waals surface area contributed by atoms with Gasteiger partial charge in [0.05, 0.1) is 41.4 Å². The lowest BCUT2D eigenvalue weighted by Gasteiger charge is -2.34. The standard InChI is InChI=1S/C24H28ClFN6O2/c25-20-3-5-29-23-22(20)19(15-32(23)14-18-2-1-4-28-18)24(33)30-13-21(31-6-8-34-9-7-31)16-10-17(26)12-27-11-16/h3,5,10-12,15,18,21,28H,1-2,4,6-9,13-14H2,(H,30,33). The first-order valence-corrected chi connectivity index (χ1v) is 12.0. The van der Waals surface area contributed by atoms with E-state index in [2.05, 4.69) is 25.5 Å². The lowest BCUT2D eigenvalue weighted by molar-refractivity contribution is 0.0161. The number of pyridine rings is 2. The second-order valence-corrected chi connectivity index (χ2v) is 9.20. The topological polar surface area (TPSA) is 84.3 Å². The number of aromatic nitrogens is 3. The largest absolute Gasteiger partial charge is 0.379 e. The van der Waals surface area contributed by atoms with Crippen molar-refractivity contribution in [2.75, 3.05) is 39.4 Å². The Morgan fingerprint density at radius 3 is 2.97 bits per heavy atom. The van der Waals surface area contributed by atoms with Gasteiger partial charge in [0.15, 0.2) is 0 Å². The maximum Gasteiger partial charge on any atom is 0.253 e. The summed E-state index contributed by atoms with van der Waals surface area (Å²) >= 11 is 6.51. The maximum atomic E-state index is 13.9. The molecule has 1 amide bonds. The van der Waals surface area contributed by atoms with Crippen molar-refractivity contribution < 1.29 is 13.9 Å². The molecule has 2 aliphatic rings. The van der Waals surface area contributed by atoms with Gasteiger partial charge in [-0.15, -0.1) is 0 Å². The fourth-order valence-electron chi connectivity index (χ4n) is 4.88. The molecule has 2 fully saturated rings. The fraction of sp³-hybridized carbons (Fsp3) is 0.458. The summed E-state index contributed by atoms with van der Waals surface area (Å²) in [6, 6.07) is 3.30. The molecule has 2 aliphatic heterocycles. The van der Waals surface area contributed by atoms with Crippen LogP contribution in [0.3, 0.4) is 0 Å². The molecular formula is C24H28ClFN6O2. The number of morpholine rings is 1. The first-order valence-electron chi connectivity index (χ1n) is 11.7. The molecule has 34 heavy (non-hydrogen) atoms. The number of carbonyl (C=O) groups is 1. The van der Waals surface area contributed by atoms with E-state index in [9.17, 15) is 9.18 Å². The second kappa shape index (κ2) is 10.4. The highest BCUT2D eigenvalue weighted by Gasteiger charge is 2.26. The van der Waals surface area contributed by atoms with Crippen molar-refractivity contribution in [3.8, 4) is 0 Å². The maximum absolute atomic E-state index is 13.9. The van der Waals surface area contributed by atoms with Crippen LogP contribution in [0.25, 0.3) is 11.0 Å². The number of rotatable bonds is 7. The Hall–Kier alpha value is -2.59. The quantitative estimate of drug-likeness (QED) is 0.534. The Morgan fingerprint density at radius 2 is 2.21 bits per heavy atom. The van der Waals surface area contributed by atoms with Crippen LogP contribution in [0, 0.1) is 5.82 Å². The Labute approximate surface area is 202 Å². The van der Waals surface area contributed by atoms with E-state index in [0.29, 0.717) is 60.5 Å². The van der Waals surface area contributed by atoms with E-state index < -0.39 is 5.82 Å². The van der Waals surface area contributed by atoms with Gasteiger partial charge < -0.3 is 19.9 Å². The monoisotopic (exact) mass is 486 g/mol. The van der Waals surface area contributed by atoms with Gasteiger partial charge in [0.25, 0.3) is 5.91 Å². The molecular weight excluding hydrogens is 459 g/mol. The summed E-state index contributed by atoms with van der Waals surface area (Å²) in [5.41, 5.74) is 1.91. The molecule has 0 radical (unpaired) electrons. The lowest BCUT2D eigenvalue weighted by Crippen LogP contribution is -2.43. The van der Waals surface area contributed by atoms with E-state index in [1.54, 1.807) is 18.5 Å². The molecule has 0 aromatic carbocycles. The number of hydrogen-bond acceptors (Lipinski definition) is 6. The predicted octanol–water partition coefficient (Wildman–Crippen LogP) is 2.78. The molecule has 2 unspecified atom stereocenters. The van der Waals surface area contributed by atoms with Crippen LogP contribution >= 0.6 is 11.6 Å². The molecule has 5 heterocycles. The normalized spacial score (nSPS) is 20.0. The van der Waals surface area contributed by atoms with Crippen LogP contribution in [0.1, 0.15) is 34.8 Å². The molecule has 8 nitrogen and oxygen atoms in total. The van der Waals surface area contributed by atoms with Crippen molar-refractivity contribution in [2.45, 2.75) is 31.5 Å². The van der Waals surface area contributed by atoms with E-state index in [1.165, 1.54) is 12.3 Å². The minimum absolute atomic E-state index is 0.222. The summed E-state index contributed by atoms with van der Waals surface area (Å²) in [6.45, 7) is 4.61. The zero-order chi connectivity index (χ0) is 23.5. The van der Waals surface area contributed by atoms with E-state index in [-0.39, 0.29) is 11.9 Å². The number of halogens is 2. The molecule has 2 atom stereocenters. The molecule has 10 heteroatoms. The van der Waals surface area contributed by atoms with E-state index in [1.807, 2.05) is 10.8 Å². The molecule has 2 saturated heterocycles. The number of fused-ring (bicyclic) bond motifs is 1. The summed E-state index contributed by atoms with van der Waals surface area (Å²) in [5.74, 6) is -0.635. The van der Waals surface area contributed by atoms with Gasteiger partial charge in [0.2, 0.25) is 0 Å². The highest BCUT2D eigenvalue weighted by molar-refractivity contribution is 6.36. The molecule has 3 aromatic rings. The minimum atomic E-state index is -0.400. The van der Waals surface area contributed by atoms with Crippen molar-refractivity contribution in [3.63, 3.8) is 0 Å². The summed E-state index contributed by atoms with van der Waals surface area (Å²) in [7, 11) is 0. The van der Waals surface area contributed by atoms with Crippen molar-refractivity contribution in [1.29, 1.82) is 0 Å². The Bertz CT molecular complexity index is 1160. The zero-order valence-electron chi connectivity index (χ0n) is 18.8. The summed E-state index contributed by atoms with van der Waals surface area (Å²) in [4.78, 5) is 24.1.